The number of rotatable bonds is 2. The van der Waals surface area contributed by atoms with Gasteiger partial charge in [-0.1, -0.05) is 6.08 Å². The Balaban J connectivity index is 2.31. The van der Waals surface area contributed by atoms with Gasteiger partial charge in [0.1, 0.15) is 0 Å². The molecule has 1 aliphatic heterocycles. The van der Waals surface area contributed by atoms with Crippen LogP contribution >= 0.6 is 0 Å². The maximum atomic E-state index is 10.6. The van der Waals surface area contributed by atoms with Gasteiger partial charge >= 0.3 is 6.03 Å². The molecule has 3 N–H and O–H groups in total. The smallest absolute Gasteiger partial charge is 0.329 e. The molecule has 55 valence electrons. The minimum Gasteiger partial charge on any atom is -0.332 e. The van der Waals surface area contributed by atoms with Crippen LogP contribution in [-0.4, -0.2) is 12.1 Å². The summed E-state index contributed by atoms with van der Waals surface area (Å²) in [6.45, 7) is 5.33. The molecule has 0 aromatic carbocycles. The number of carbonyl (C=O) groups is 1. The largest absolute Gasteiger partial charge is 0.332 e. The van der Waals surface area contributed by atoms with Crippen LogP contribution in [0.1, 0.15) is 6.42 Å². The molecule has 0 aromatic rings. The van der Waals surface area contributed by atoms with E-state index in [-0.39, 0.29) is 12.1 Å². The minimum absolute atomic E-state index is 0.0613. The minimum atomic E-state index is -0.200. The van der Waals surface area contributed by atoms with Gasteiger partial charge in [-0.25, -0.2) is 10.2 Å². The lowest BCUT2D eigenvalue weighted by atomic mass is 10.2. The van der Waals surface area contributed by atoms with Crippen molar-refractivity contribution >= 4 is 6.03 Å². The molecule has 4 nitrogen and oxygen atoms in total. The topological polar surface area (TPSA) is 53.2 Å². The van der Waals surface area contributed by atoms with Gasteiger partial charge in [-0.05, 0) is 6.42 Å². The second-order valence-corrected chi connectivity index (χ2v) is 2.04. The van der Waals surface area contributed by atoms with Gasteiger partial charge in [0.15, 0.2) is 0 Å². The average molecular weight is 140 g/mol. The number of carbonyl (C=O) groups excluding carboxylic acids is 1. The molecule has 1 radical (unpaired) electrons. The van der Waals surface area contributed by atoms with Gasteiger partial charge < -0.3 is 5.32 Å². The van der Waals surface area contributed by atoms with Crippen molar-refractivity contribution in [3.05, 3.63) is 19.2 Å². The molecule has 0 saturated carbocycles. The van der Waals surface area contributed by atoms with E-state index in [0.717, 1.165) is 6.42 Å². The van der Waals surface area contributed by atoms with Crippen LogP contribution in [0.15, 0.2) is 12.7 Å². The Hall–Kier alpha value is -1.03. The fourth-order valence-corrected chi connectivity index (χ4v) is 0.760. The Labute approximate surface area is 59.6 Å². The third kappa shape index (κ3) is 1.73. The van der Waals surface area contributed by atoms with Gasteiger partial charge in [-0.2, -0.15) is 0 Å². The van der Waals surface area contributed by atoms with Crippen molar-refractivity contribution in [2.75, 3.05) is 0 Å². The lowest BCUT2D eigenvalue weighted by molar-refractivity contribution is 0.228. The van der Waals surface area contributed by atoms with Gasteiger partial charge in [0.2, 0.25) is 0 Å². The zero-order valence-corrected chi connectivity index (χ0v) is 5.55. The van der Waals surface area contributed by atoms with E-state index in [1.165, 1.54) is 0 Å². The molecule has 1 unspecified atom stereocenters. The standard InChI is InChI=1S/C6H10N3O/c1-2-3-5-4-7-9-6(10)8-5/h2,4-5,7H,1,3H2,(H2,8,9,10). The van der Waals surface area contributed by atoms with E-state index in [2.05, 4.69) is 22.7 Å². The summed E-state index contributed by atoms with van der Waals surface area (Å²) in [7, 11) is 0. The van der Waals surface area contributed by atoms with E-state index in [1.54, 1.807) is 12.6 Å². The zero-order valence-electron chi connectivity index (χ0n) is 5.55. The van der Waals surface area contributed by atoms with Crippen LogP contribution in [0.25, 0.3) is 0 Å². The highest BCUT2D eigenvalue weighted by Gasteiger charge is 2.15. The fourth-order valence-electron chi connectivity index (χ4n) is 0.760. The average Bonchev–Trinajstić information content (AvgIpc) is 1.88. The van der Waals surface area contributed by atoms with Crippen LogP contribution in [0.2, 0.25) is 0 Å². The Morgan fingerprint density at radius 3 is 3.20 bits per heavy atom. The van der Waals surface area contributed by atoms with Crippen molar-refractivity contribution in [2.45, 2.75) is 12.5 Å². The Morgan fingerprint density at radius 1 is 1.80 bits per heavy atom. The van der Waals surface area contributed by atoms with Gasteiger partial charge in [0.05, 0.1) is 12.6 Å². The second kappa shape index (κ2) is 3.22. The first-order valence-electron chi connectivity index (χ1n) is 3.09. The third-order valence-corrected chi connectivity index (χ3v) is 1.21. The first kappa shape index (κ1) is 7.08. The maximum absolute atomic E-state index is 10.6. The summed E-state index contributed by atoms with van der Waals surface area (Å²) in [4.78, 5) is 10.6. The van der Waals surface area contributed by atoms with E-state index in [9.17, 15) is 4.79 Å². The molecule has 0 spiro atoms. The molecular weight excluding hydrogens is 130 g/mol. The van der Waals surface area contributed by atoms with E-state index in [1.807, 2.05) is 0 Å². The molecule has 10 heavy (non-hydrogen) atoms. The lowest BCUT2D eigenvalue weighted by Crippen LogP contribution is -2.55. The first-order chi connectivity index (χ1) is 4.83. The van der Waals surface area contributed by atoms with Gasteiger partial charge in [-0.3, -0.25) is 5.43 Å². The molecule has 0 bridgehead atoms. The van der Waals surface area contributed by atoms with Crippen LogP contribution in [0.4, 0.5) is 4.79 Å². The molecule has 1 heterocycles. The predicted octanol–water partition coefficient (Wildman–Crippen LogP) is -0.0897. The summed E-state index contributed by atoms with van der Waals surface area (Å²) in [5.74, 6) is 0. The van der Waals surface area contributed by atoms with E-state index in [0.29, 0.717) is 0 Å². The number of amides is 2. The van der Waals surface area contributed by atoms with Gasteiger partial charge in [0.25, 0.3) is 0 Å². The van der Waals surface area contributed by atoms with Crippen molar-refractivity contribution in [2.24, 2.45) is 0 Å². The Bertz CT molecular complexity index is 146. The summed E-state index contributed by atoms with van der Waals surface area (Å²) in [6.07, 6.45) is 2.51. The van der Waals surface area contributed by atoms with Crippen molar-refractivity contribution in [1.82, 2.24) is 16.2 Å². The molecule has 4 heteroatoms. The van der Waals surface area contributed by atoms with Crippen LogP contribution in [0, 0.1) is 6.54 Å². The predicted molar refractivity (Wildman–Crippen MR) is 37.7 cm³/mol. The zero-order chi connectivity index (χ0) is 7.40. The normalized spacial score (nSPS) is 24.8. The molecule has 0 aliphatic carbocycles. The number of hydrazine groups is 1. The third-order valence-electron chi connectivity index (χ3n) is 1.21. The Kier molecular flexibility index (Phi) is 2.28. The molecule has 2 amide bonds. The molecule has 0 aromatic heterocycles. The summed E-state index contributed by atoms with van der Waals surface area (Å²) in [5, 5.41) is 2.68. The van der Waals surface area contributed by atoms with Crippen LogP contribution in [-0.2, 0) is 0 Å². The van der Waals surface area contributed by atoms with E-state index in [4.69, 9.17) is 0 Å². The maximum Gasteiger partial charge on any atom is 0.329 e. The highest BCUT2D eigenvalue weighted by Crippen LogP contribution is 1.96. The van der Waals surface area contributed by atoms with Crippen molar-refractivity contribution in [3.63, 3.8) is 0 Å². The van der Waals surface area contributed by atoms with Gasteiger partial charge in [-0.15, -0.1) is 6.58 Å². The first-order valence-corrected chi connectivity index (χ1v) is 3.09. The van der Waals surface area contributed by atoms with Crippen molar-refractivity contribution in [1.29, 1.82) is 0 Å². The Morgan fingerprint density at radius 2 is 2.60 bits per heavy atom. The fraction of sp³-hybridized carbons (Fsp3) is 0.333. The highest BCUT2D eigenvalue weighted by molar-refractivity contribution is 5.74. The molecule has 1 saturated heterocycles. The quantitative estimate of drug-likeness (QED) is 0.469. The molecular formula is C6H10N3O. The van der Waals surface area contributed by atoms with Crippen LogP contribution in [0.5, 0.6) is 0 Å². The number of nitrogens with one attached hydrogen (secondary N) is 3. The van der Waals surface area contributed by atoms with Crippen molar-refractivity contribution in [3.8, 4) is 0 Å². The number of urea groups is 1. The molecule has 1 rings (SSSR count). The summed E-state index contributed by atoms with van der Waals surface area (Å²) < 4.78 is 0. The molecule has 1 fully saturated rings. The van der Waals surface area contributed by atoms with E-state index < -0.39 is 0 Å². The molecule has 1 atom stereocenters. The van der Waals surface area contributed by atoms with Gasteiger partial charge in [0, 0.05) is 0 Å². The number of hydrogen-bond acceptors (Lipinski definition) is 2. The molecule has 1 aliphatic rings. The van der Waals surface area contributed by atoms with Crippen LogP contribution < -0.4 is 16.2 Å². The summed E-state index contributed by atoms with van der Waals surface area (Å²) >= 11 is 0. The second-order valence-electron chi connectivity index (χ2n) is 2.04. The summed E-state index contributed by atoms with van der Waals surface area (Å²) in [6, 6.07) is -0.138. The monoisotopic (exact) mass is 140 g/mol. The van der Waals surface area contributed by atoms with Crippen LogP contribution in [0.3, 0.4) is 0 Å². The van der Waals surface area contributed by atoms with Crippen molar-refractivity contribution < 1.29 is 4.79 Å². The summed E-state index contributed by atoms with van der Waals surface area (Å²) in [5.41, 5.74) is 5.02. The lowest BCUT2D eigenvalue weighted by Gasteiger charge is -2.22. The highest BCUT2D eigenvalue weighted by atomic mass is 16.2. The number of hydrogen-bond donors (Lipinski definition) is 3. The van der Waals surface area contributed by atoms with E-state index >= 15 is 0 Å². The SMILES string of the molecule is C=CCC1[CH]NNC(=O)N1.